The summed E-state index contributed by atoms with van der Waals surface area (Å²) in [7, 11) is 0. The highest BCUT2D eigenvalue weighted by Crippen LogP contribution is 2.27. The number of carbonyl (C=O) groups excluding carboxylic acids is 1. The Labute approximate surface area is 208 Å². The summed E-state index contributed by atoms with van der Waals surface area (Å²) < 4.78 is 0. The SMILES string of the molecule is Cc1cc(Nc2ccc(NC(=O)c3ccc(Nc4cccc5ccc(C#N)cc45)cc3)nc2)ccn1. The Hall–Kier alpha value is -5.22. The number of rotatable bonds is 6. The van der Waals surface area contributed by atoms with E-state index in [4.69, 9.17) is 0 Å². The lowest BCUT2D eigenvalue weighted by Gasteiger charge is -2.11. The van der Waals surface area contributed by atoms with Gasteiger partial charge < -0.3 is 16.0 Å². The number of nitrogens with zero attached hydrogens (tertiary/aromatic N) is 3. The maximum atomic E-state index is 12.7. The number of amides is 1. The van der Waals surface area contributed by atoms with Crippen LogP contribution in [0.5, 0.6) is 0 Å². The number of hydrogen-bond acceptors (Lipinski definition) is 6. The van der Waals surface area contributed by atoms with Crippen molar-refractivity contribution in [1.82, 2.24) is 9.97 Å². The standard InChI is InChI=1S/C29H22N6O/c1-19-15-24(13-14-31-19)33-25-11-12-28(32-18-25)35-29(36)22-7-9-23(10-8-22)34-27-4-2-3-21-6-5-20(17-30)16-26(21)27/h2-16,18,34H,1H3,(H,31,33)(H,32,35,36). The van der Waals surface area contributed by atoms with E-state index in [2.05, 4.69) is 32.0 Å². The molecule has 0 bridgehead atoms. The molecule has 5 rings (SSSR count). The monoisotopic (exact) mass is 470 g/mol. The zero-order chi connectivity index (χ0) is 24.9. The summed E-state index contributed by atoms with van der Waals surface area (Å²) in [5.74, 6) is 0.214. The third kappa shape index (κ3) is 5.13. The van der Waals surface area contributed by atoms with Gasteiger partial charge in [0.15, 0.2) is 0 Å². The molecular formula is C29H22N6O. The van der Waals surface area contributed by atoms with E-state index in [1.165, 1.54) is 0 Å². The third-order valence-corrected chi connectivity index (χ3v) is 5.63. The lowest BCUT2D eigenvalue weighted by Crippen LogP contribution is -2.12. The highest BCUT2D eigenvalue weighted by atomic mass is 16.1. The molecule has 0 unspecified atom stereocenters. The van der Waals surface area contributed by atoms with Gasteiger partial charge in [-0.05, 0) is 79.0 Å². The molecule has 3 aromatic carbocycles. The molecule has 0 saturated carbocycles. The third-order valence-electron chi connectivity index (χ3n) is 5.63. The Kier molecular flexibility index (Phi) is 6.24. The minimum Gasteiger partial charge on any atom is -0.355 e. The van der Waals surface area contributed by atoms with Gasteiger partial charge in [0.1, 0.15) is 5.82 Å². The van der Waals surface area contributed by atoms with E-state index in [-0.39, 0.29) is 5.91 Å². The molecule has 0 aliphatic carbocycles. The van der Waals surface area contributed by atoms with Crippen molar-refractivity contribution in [2.75, 3.05) is 16.0 Å². The highest BCUT2D eigenvalue weighted by Gasteiger charge is 2.08. The molecular weight excluding hydrogens is 448 g/mol. The predicted molar refractivity (Wildman–Crippen MR) is 143 cm³/mol. The molecule has 2 aromatic heterocycles. The summed E-state index contributed by atoms with van der Waals surface area (Å²) in [6, 6.07) is 28.3. The van der Waals surface area contributed by atoms with Crippen molar-refractivity contribution < 1.29 is 4.79 Å². The lowest BCUT2D eigenvalue weighted by atomic mass is 10.1. The number of aromatic nitrogens is 2. The van der Waals surface area contributed by atoms with Crippen LogP contribution in [0.1, 0.15) is 21.6 Å². The number of benzene rings is 3. The Morgan fingerprint density at radius 1 is 0.833 bits per heavy atom. The first-order valence-electron chi connectivity index (χ1n) is 11.3. The second kappa shape index (κ2) is 9.95. The number of hydrogen-bond donors (Lipinski definition) is 3. The Balaban J connectivity index is 1.24. The summed E-state index contributed by atoms with van der Waals surface area (Å²) in [6.45, 7) is 1.93. The number of fused-ring (bicyclic) bond motifs is 1. The maximum Gasteiger partial charge on any atom is 0.256 e. The van der Waals surface area contributed by atoms with E-state index in [9.17, 15) is 10.1 Å². The lowest BCUT2D eigenvalue weighted by molar-refractivity contribution is 0.102. The van der Waals surface area contributed by atoms with Crippen molar-refractivity contribution in [3.8, 4) is 6.07 Å². The van der Waals surface area contributed by atoms with E-state index < -0.39 is 0 Å². The molecule has 36 heavy (non-hydrogen) atoms. The topological polar surface area (TPSA) is 103 Å². The molecule has 174 valence electrons. The van der Waals surface area contributed by atoms with Gasteiger partial charge in [0.2, 0.25) is 0 Å². The molecule has 2 heterocycles. The van der Waals surface area contributed by atoms with Crippen LogP contribution in [0.15, 0.2) is 97.3 Å². The minimum atomic E-state index is -0.247. The van der Waals surface area contributed by atoms with Crippen molar-refractivity contribution >= 4 is 45.2 Å². The minimum absolute atomic E-state index is 0.247. The van der Waals surface area contributed by atoms with Crippen LogP contribution in [0.2, 0.25) is 0 Å². The summed E-state index contributed by atoms with van der Waals surface area (Å²) >= 11 is 0. The molecule has 0 radical (unpaired) electrons. The highest BCUT2D eigenvalue weighted by molar-refractivity contribution is 6.04. The molecule has 0 spiro atoms. The molecule has 0 aliphatic rings. The van der Waals surface area contributed by atoms with Crippen LogP contribution >= 0.6 is 0 Å². The fourth-order valence-corrected chi connectivity index (χ4v) is 3.83. The van der Waals surface area contributed by atoms with E-state index in [0.29, 0.717) is 16.9 Å². The fourth-order valence-electron chi connectivity index (χ4n) is 3.83. The average molecular weight is 471 g/mol. The molecule has 7 heteroatoms. The first-order valence-corrected chi connectivity index (χ1v) is 11.3. The number of pyridine rings is 2. The number of nitriles is 1. The molecule has 0 fully saturated rings. The van der Waals surface area contributed by atoms with Crippen molar-refractivity contribution in [3.63, 3.8) is 0 Å². The van der Waals surface area contributed by atoms with E-state index in [1.807, 2.05) is 67.6 Å². The smallest absolute Gasteiger partial charge is 0.256 e. The normalized spacial score (nSPS) is 10.4. The van der Waals surface area contributed by atoms with Crippen LogP contribution < -0.4 is 16.0 Å². The van der Waals surface area contributed by atoms with Crippen LogP contribution in [-0.4, -0.2) is 15.9 Å². The van der Waals surface area contributed by atoms with Crippen LogP contribution in [0.25, 0.3) is 10.8 Å². The maximum absolute atomic E-state index is 12.7. The quantitative estimate of drug-likeness (QED) is 0.260. The summed E-state index contributed by atoms with van der Waals surface area (Å²) in [4.78, 5) is 21.2. The van der Waals surface area contributed by atoms with Gasteiger partial charge in [-0.2, -0.15) is 5.26 Å². The van der Waals surface area contributed by atoms with Crippen molar-refractivity contribution in [2.45, 2.75) is 6.92 Å². The van der Waals surface area contributed by atoms with E-state index >= 15 is 0 Å². The number of anilines is 5. The fraction of sp³-hybridized carbons (Fsp3) is 0.0345. The Morgan fingerprint density at radius 2 is 1.67 bits per heavy atom. The molecule has 7 nitrogen and oxygen atoms in total. The van der Waals surface area contributed by atoms with Gasteiger partial charge in [-0.3, -0.25) is 9.78 Å². The van der Waals surface area contributed by atoms with Gasteiger partial charge in [0.05, 0.1) is 23.5 Å². The zero-order valence-corrected chi connectivity index (χ0v) is 19.5. The van der Waals surface area contributed by atoms with Crippen LogP contribution in [0.4, 0.5) is 28.6 Å². The van der Waals surface area contributed by atoms with Crippen molar-refractivity contribution in [2.24, 2.45) is 0 Å². The number of aryl methyl sites for hydroxylation is 1. The number of nitrogens with one attached hydrogen (secondary N) is 3. The first kappa shape index (κ1) is 22.6. The Bertz CT molecular complexity index is 1590. The van der Waals surface area contributed by atoms with Crippen LogP contribution in [-0.2, 0) is 0 Å². The zero-order valence-electron chi connectivity index (χ0n) is 19.5. The second-order valence-corrected chi connectivity index (χ2v) is 8.25. The molecule has 0 saturated heterocycles. The molecule has 1 amide bonds. The summed E-state index contributed by atoms with van der Waals surface area (Å²) in [5.41, 5.74) is 5.49. The van der Waals surface area contributed by atoms with Gasteiger partial charge in [-0.15, -0.1) is 0 Å². The van der Waals surface area contributed by atoms with Gasteiger partial charge >= 0.3 is 0 Å². The predicted octanol–water partition coefficient (Wildman–Crippen LogP) is 6.55. The van der Waals surface area contributed by atoms with Crippen molar-refractivity contribution in [3.05, 3.63) is 114 Å². The number of carbonyl (C=O) groups is 1. The van der Waals surface area contributed by atoms with Crippen molar-refractivity contribution in [1.29, 1.82) is 5.26 Å². The summed E-state index contributed by atoms with van der Waals surface area (Å²) in [6.07, 6.45) is 3.41. The molecule has 5 aromatic rings. The van der Waals surface area contributed by atoms with Gasteiger partial charge in [0.25, 0.3) is 5.91 Å². The van der Waals surface area contributed by atoms with Crippen LogP contribution in [0, 0.1) is 18.3 Å². The van der Waals surface area contributed by atoms with E-state index in [1.54, 1.807) is 36.7 Å². The second-order valence-electron chi connectivity index (χ2n) is 8.25. The molecule has 0 atom stereocenters. The molecule has 0 aliphatic heterocycles. The van der Waals surface area contributed by atoms with Gasteiger partial charge in [0, 0.05) is 39.9 Å². The largest absolute Gasteiger partial charge is 0.355 e. The summed E-state index contributed by atoms with van der Waals surface area (Å²) in [5, 5.41) is 20.7. The van der Waals surface area contributed by atoms with E-state index in [0.717, 1.165) is 39.2 Å². The first-order chi connectivity index (χ1) is 17.6. The van der Waals surface area contributed by atoms with Gasteiger partial charge in [-0.1, -0.05) is 18.2 Å². The van der Waals surface area contributed by atoms with Crippen LogP contribution in [0.3, 0.4) is 0 Å². The average Bonchev–Trinajstić information content (AvgIpc) is 2.90. The molecule has 3 N–H and O–H groups in total. The Morgan fingerprint density at radius 3 is 2.42 bits per heavy atom. The van der Waals surface area contributed by atoms with Gasteiger partial charge in [-0.25, -0.2) is 4.98 Å².